The van der Waals surface area contributed by atoms with Gasteiger partial charge in [0.15, 0.2) is 5.82 Å². The van der Waals surface area contributed by atoms with Gasteiger partial charge in [0.05, 0.1) is 13.2 Å². The Morgan fingerprint density at radius 1 is 1.55 bits per heavy atom. The largest absolute Gasteiger partial charge is 0.383 e. The molecule has 1 saturated heterocycles. The van der Waals surface area contributed by atoms with Gasteiger partial charge in [0.25, 0.3) is 0 Å². The number of ether oxygens (including phenoxy) is 1. The van der Waals surface area contributed by atoms with Gasteiger partial charge in [-0.15, -0.1) is 0 Å². The molecule has 1 aromatic heterocycles. The third-order valence-corrected chi connectivity index (χ3v) is 3.91. The number of likely N-dealkylation sites (tertiary alicyclic amines) is 1. The van der Waals surface area contributed by atoms with E-state index in [1.807, 2.05) is 18.7 Å². The summed E-state index contributed by atoms with van der Waals surface area (Å²) in [7, 11) is 1.66. The van der Waals surface area contributed by atoms with Crippen LogP contribution in [0.3, 0.4) is 0 Å². The Kier molecular flexibility index (Phi) is 5.52. The van der Waals surface area contributed by atoms with Crippen LogP contribution in [0.15, 0.2) is 4.52 Å². The van der Waals surface area contributed by atoms with Gasteiger partial charge < -0.3 is 19.5 Å². The molecule has 2 rings (SSSR count). The molecule has 1 aromatic rings. The van der Waals surface area contributed by atoms with Crippen molar-refractivity contribution in [3.63, 3.8) is 0 Å². The zero-order valence-electron chi connectivity index (χ0n) is 13.9. The van der Waals surface area contributed by atoms with Gasteiger partial charge in [0.2, 0.25) is 11.8 Å². The van der Waals surface area contributed by atoms with Crippen molar-refractivity contribution in [1.82, 2.24) is 20.4 Å². The monoisotopic (exact) mass is 310 g/mol. The predicted octanol–water partition coefficient (Wildman–Crippen LogP) is 0.926. The molecule has 0 spiro atoms. The van der Waals surface area contributed by atoms with Gasteiger partial charge in [0.1, 0.15) is 0 Å². The van der Waals surface area contributed by atoms with Crippen LogP contribution in [0.4, 0.5) is 0 Å². The number of aromatic nitrogens is 2. The van der Waals surface area contributed by atoms with E-state index in [0.717, 1.165) is 19.4 Å². The van der Waals surface area contributed by atoms with E-state index in [1.165, 1.54) is 0 Å². The molecule has 0 bridgehead atoms. The van der Waals surface area contributed by atoms with Crippen molar-refractivity contribution in [3.05, 3.63) is 11.7 Å². The lowest BCUT2D eigenvalue weighted by Crippen LogP contribution is -2.50. The third-order valence-electron chi connectivity index (χ3n) is 3.91. The minimum Gasteiger partial charge on any atom is -0.383 e. The second-order valence-electron chi connectivity index (χ2n) is 6.49. The number of amides is 1. The van der Waals surface area contributed by atoms with Gasteiger partial charge in [-0.3, -0.25) is 4.79 Å². The lowest BCUT2D eigenvalue weighted by atomic mass is 10.1. The lowest BCUT2D eigenvalue weighted by Gasteiger charge is -2.28. The normalized spacial score (nSPS) is 18.9. The van der Waals surface area contributed by atoms with E-state index in [4.69, 9.17) is 9.26 Å². The number of hydrogen-bond acceptors (Lipinski definition) is 6. The van der Waals surface area contributed by atoms with Gasteiger partial charge in [-0.1, -0.05) is 5.16 Å². The highest BCUT2D eigenvalue weighted by molar-refractivity contribution is 5.79. The Hall–Kier alpha value is -1.47. The number of hydrogen-bond donors (Lipinski definition) is 1. The summed E-state index contributed by atoms with van der Waals surface area (Å²) in [6.07, 6.45) is 2.67. The van der Waals surface area contributed by atoms with Crippen LogP contribution in [0.1, 0.15) is 38.4 Å². The van der Waals surface area contributed by atoms with Gasteiger partial charge in [-0.2, -0.15) is 4.98 Å². The van der Waals surface area contributed by atoms with Gasteiger partial charge >= 0.3 is 0 Å². The van der Waals surface area contributed by atoms with Crippen LogP contribution in [-0.4, -0.2) is 59.3 Å². The van der Waals surface area contributed by atoms with E-state index < -0.39 is 0 Å². The summed E-state index contributed by atoms with van der Waals surface area (Å²) in [6.45, 7) is 7.49. The molecule has 7 heteroatoms. The highest BCUT2D eigenvalue weighted by atomic mass is 16.5. The van der Waals surface area contributed by atoms with E-state index >= 15 is 0 Å². The molecule has 1 unspecified atom stereocenters. The number of methoxy groups -OCH3 is 1. The number of nitrogens with one attached hydrogen (secondary N) is 1. The molecule has 1 N–H and O–H groups in total. The standard InChI is InChI=1S/C15H26N4O3/c1-11-17-13(18-22-11)8-12-6-5-7-19(12)14(20)9-16-15(2,3)10-21-4/h12,16H,5-10H2,1-4H3. The molecule has 1 amide bonds. The molecule has 1 aliphatic rings. The van der Waals surface area contributed by atoms with Crippen molar-refractivity contribution in [2.24, 2.45) is 0 Å². The fourth-order valence-corrected chi connectivity index (χ4v) is 2.84. The summed E-state index contributed by atoms with van der Waals surface area (Å²) in [5.74, 6) is 1.36. The van der Waals surface area contributed by atoms with Gasteiger partial charge in [-0.05, 0) is 26.7 Å². The molecule has 0 saturated carbocycles. The molecule has 22 heavy (non-hydrogen) atoms. The quantitative estimate of drug-likeness (QED) is 0.807. The SMILES string of the molecule is COCC(C)(C)NCC(=O)N1CCCC1Cc1noc(C)n1. The van der Waals surface area contributed by atoms with Crippen molar-refractivity contribution >= 4 is 5.91 Å². The summed E-state index contributed by atoms with van der Waals surface area (Å²) < 4.78 is 10.2. The fraction of sp³-hybridized carbons (Fsp3) is 0.800. The number of nitrogens with zero attached hydrogens (tertiary/aromatic N) is 3. The van der Waals surface area contributed by atoms with Crippen molar-refractivity contribution in [1.29, 1.82) is 0 Å². The van der Waals surface area contributed by atoms with Crippen molar-refractivity contribution in [2.75, 3.05) is 26.8 Å². The summed E-state index contributed by atoms with van der Waals surface area (Å²) in [5, 5.41) is 7.19. The van der Waals surface area contributed by atoms with Crippen molar-refractivity contribution in [3.8, 4) is 0 Å². The van der Waals surface area contributed by atoms with Crippen molar-refractivity contribution < 1.29 is 14.1 Å². The van der Waals surface area contributed by atoms with Crippen LogP contribution < -0.4 is 5.32 Å². The number of aryl methyl sites for hydroxylation is 1. The Bertz CT molecular complexity index is 501. The molecule has 124 valence electrons. The molecule has 0 radical (unpaired) electrons. The van der Waals surface area contributed by atoms with Gasteiger partial charge in [0, 0.05) is 38.6 Å². The molecule has 1 aliphatic heterocycles. The topological polar surface area (TPSA) is 80.5 Å². The average Bonchev–Trinajstić information content (AvgIpc) is 3.06. The first-order valence-electron chi connectivity index (χ1n) is 7.74. The second-order valence-corrected chi connectivity index (χ2v) is 6.49. The molecular weight excluding hydrogens is 284 g/mol. The summed E-state index contributed by atoms with van der Waals surface area (Å²) >= 11 is 0. The third kappa shape index (κ3) is 4.51. The summed E-state index contributed by atoms with van der Waals surface area (Å²) in [5.41, 5.74) is -0.218. The first-order valence-corrected chi connectivity index (χ1v) is 7.74. The van der Waals surface area contributed by atoms with Crippen LogP contribution in [0.25, 0.3) is 0 Å². The molecule has 0 aromatic carbocycles. The second kappa shape index (κ2) is 7.19. The highest BCUT2D eigenvalue weighted by Crippen LogP contribution is 2.20. The minimum absolute atomic E-state index is 0.117. The van der Waals surface area contributed by atoms with Crippen LogP contribution >= 0.6 is 0 Å². The van der Waals surface area contributed by atoms with Crippen LogP contribution in [-0.2, 0) is 16.0 Å². The number of carbonyl (C=O) groups is 1. The van der Waals surface area contributed by atoms with E-state index in [2.05, 4.69) is 15.5 Å². The molecule has 7 nitrogen and oxygen atoms in total. The lowest BCUT2D eigenvalue weighted by molar-refractivity contribution is -0.131. The van der Waals surface area contributed by atoms with Crippen LogP contribution in [0.2, 0.25) is 0 Å². The number of rotatable bonds is 7. The average molecular weight is 310 g/mol. The highest BCUT2D eigenvalue weighted by Gasteiger charge is 2.30. The van der Waals surface area contributed by atoms with E-state index in [-0.39, 0.29) is 17.5 Å². The molecule has 0 aliphatic carbocycles. The Labute approximate surface area is 131 Å². The predicted molar refractivity (Wildman–Crippen MR) is 81.4 cm³/mol. The maximum atomic E-state index is 12.5. The minimum atomic E-state index is -0.218. The molecular formula is C15H26N4O3. The first-order chi connectivity index (χ1) is 10.4. The molecule has 1 fully saturated rings. The smallest absolute Gasteiger partial charge is 0.236 e. The van der Waals surface area contributed by atoms with Crippen molar-refractivity contribution in [2.45, 2.75) is 51.6 Å². The Morgan fingerprint density at radius 2 is 2.32 bits per heavy atom. The first kappa shape index (κ1) is 16.9. The number of carbonyl (C=O) groups excluding carboxylic acids is 1. The summed E-state index contributed by atoms with van der Waals surface area (Å²) in [6, 6.07) is 0.164. The van der Waals surface area contributed by atoms with Gasteiger partial charge in [-0.25, -0.2) is 0 Å². The maximum absolute atomic E-state index is 12.5. The van der Waals surface area contributed by atoms with Crippen LogP contribution in [0, 0.1) is 6.92 Å². The maximum Gasteiger partial charge on any atom is 0.236 e. The molecule has 2 heterocycles. The fourth-order valence-electron chi connectivity index (χ4n) is 2.84. The zero-order valence-corrected chi connectivity index (χ0v) is 13.9. The Balaban J connectivity index is 1.88. The Morgan fingerprint density at radius 3 is 2.95 bits per heavy atom. The van der Waals surface area contributed by atoms with Crippen LogP contribution in [0.5, 0.6) is 0 Å². The molecule has 1 atom stereocenters. The summed E-state index contributed by atoms with van der Waals surface area (Å²) in [4.78, 5) is 18.6. The van der Waals surface area contributed by atoms with E-state index in [9.17, 15) is 4.79 Å². The van der Waals surface area contributed by atoms with E-state index in [0.29, 0.717) is 31.3 Å². The zero-order chi connectivity index (χ0) is 16.2. The van der Waals surface area contributed by atoms with E-state index in [1.54, 1.807) is 14.0 Å².